The van der Waals surface area contributed by atoms with E-state index in [0.29, 0.717) is 0 Å². The number of aliphatic hydroxyl groups excluding tert-OH is 2. The predicted octanol–water partition coefficient (Wildman–Crippen LogP) is 1.54. The van der Waals surface area contributed by atoms with Gasteiger partial charge in [0.2, 0.25) is 0 Å². The molecule has 6 nitrogen and oxygen atoms in total. The Morgan fingerprint density at radius 1 is 0.818 bits per heavy atom. The van der Waals surface area contributed by atoms with Gasteiger partial charge in [0, 0.05) is 0 Å². The van der Waals surface area contributed by atoms with E-state index < -0.39 is 23.1 Å². The van der Waals surface area contributed by atoms with Gasteiger partial charge < -0.3 is 19.7 Å². The standard InChI is InChI=1S/C16H22O6/c1-15(2,9-17)21-13(19)11-5-7-12(8-6-11)14(20)22-16(3,4)10-18/h5-8,17-18H,9-10H2,1-4H3. The molecule has 0 saturated carbocycles. The Balaban J connectivity index is 2.79. The zero-order chi connectivity index (χ0) is 17.0. The van der Waals surface area contributed by atoms with E-state index in [9.17, 15) is 9.59 Å². The van der Waals surface area contributed by atoms with E-state index in [2.05, 4.69) is 0 Å². The van der Waals surface area contributed by atoms with Crippen LogP contribution in [0.15, 0.2) is 24.3 Å². The lowest BCUT2D eigenvalue weighted by Crippen LogP contribution is -2.32. The predicted molar refractivity (Wildman–Crippen MR) is 79.6 cm³/mol. The van der Waals surface area contributed by atoms with Gasteiger partial charge in [0.1, 0.15) is 11.2 Å². The van der Waals surface area contributed by atoms with Gasteiger partial charge in [-0.05, 0) is 52.0 Å². The van der Waals surface area contributed by atoms with Crippen LogP contribution in [0.3, 0.4) is 0 Å². The lowest BCUT2D eigenvalue weighted by atomic mass is 10.1. The first kappa shape index (κ1) is 18.1. The van der Waals surface area contributed by atoms with Crippen molar-refractivity contribution in [3.05, 3.63) is 35.4 Å². The molecule has 122 valence electrons. The normalized spacial score (nSPS) is 11.9. The molecule has 0 saturated heterocycles. The van der Waals surface area contributed by atoms with Crippen LogP contribution in [-0.2, 0) is 9.47 Å². The van der Waals surface area contributed by atoms with Crippen molar-refractivity contribution in [1.82, 2.24) is 0 Å². The molecule has 0 unspecified atom stereocenters. The smallest absolute Gasteiger partial charge is 0.338 e. The summed E-state index contributed by atoms with van der Waals surface area (Å²) in [5, 5.41) is 18.2. The molecule has 1 aromatic rings. The Morgan fingerprint density at radius 3 is 1.32 bits per heavy atom. The molecule has 22 heavy (non-hydrogen) atoms. The van der Waals surface area contributed by atoms with Gasteiger partial charge in [-0.25, -0.2) is 9.59 Å². The summed E-state index contributed by atoms with van der Waals surface area (Å²) in [5.74, 6) is -1.18. The number of carbonyl (C=O) groups is 2. The van der Waals surface area contributed by atoms with Crippen molar-refractivity contribution in [2.24, 2.45) is 0 Å². The maximum Gasteiger partial charge on any atom is 0.338 e. The zero-order valence-corrected chi connectivity index (χ0v) is 13.3. The van der Waals surface area contributed by atoms with Crippen molar-refractivity contribution in [1.29, 1.82) is 0 Å². The molecule has 1 aromatic carbocycles. The Hall–Kier alpha value is -1.92. The summed E-state index contributed by atoms with van der Waals surface area (Å²) >= 11 is 0. The van der Waals surface area contributed by atoms with Crippen LogP contribution in [0, 0.1) is 0 Å². The topological polar surface area (TPSA) is 93.1 Å². The van der Waals surface area contributed by atoms with E-state index in [4.69, 9.17) is 19.7 Å². The molecule has 0 aliphatic heterocycles. The van der Waals surface area contributed by atoms with Crippen LogP contribution in [0.4, 0.5) is 0 Å². The Bertz CT molecular complexity index is 481. The quantitative estimate of drug-likeness (QED) is 0.774. The summed E-state index contributed by atoms with van der Waals surface area (Å²) in [7, 11) is 0. The lowest BCUT2D eigenvalue weighted by molar-refractivity contribution is -0.0275. The van der Waals surface area contributed by atoms with E-state index in [-0.39, 0.29) is 24.3 Å². The van der Waals surface area contributed by atoms with E-state index in [0.717, 1.165) is 0 Å². The van der Waals surface area contributed by atoms with Crippen LogP contribution in [0.1, 0.15) is 48.4 Å². The molecule has 0 bridgehead atoms. The second-order valence-corrected chi connectivity index (χ2v) is 6.19. The maximum atomic E-state index is 11.9. The molecule has 0 amide bonds. The SMILES string of the molecule is CC(C)(CO)OC(=O)c1ccc(C(=O)OC(C)(C)CO)cc1. The Kier molecular flexibility index (Phi) is 5.68. The van der Waals surface area contributed by atoms with Crippen molar-refractivity contribution in [2.75, 3.05) is 13.2 Å². The second kappa shape index (κ2) is 6.89. The van der Waals surface area contributed by atoms with E-state index in [1.54, 1.807) is 27.7 Å². The first-order chi connectivity index (χ1) is 10.1. The Labute approximate surface area is 129 Å². The summed E-state index contributed by atoms with van der Waals surface area (Å²) in [6.07, 6.45) is 0. The van der Waals surface area contributed by atoms with Crippen molar-refractivity contribution < 1.29 is 29.3 Å². The molecular weight excluding hydrogens is 288 g/mol. The molecule has 2 N–H and O–H groups in total. The molecule has 0 aliphatic carbocycles. The minimum absolute atomic E-state index is 0.263. The number of hydrogen-bond acceptors (Lipinski definition) is 6. The van der Waals surface area contributed by atoms with Gasteiger partial charge in [-0.3, -0.25) is 0 Å². The van der Waals surface area contributed by atoms with Crippen molar-refractivity contribution >= 4 is 11.9 Å². The number of carbonyl (C=O) groups excluding carboxylic acids is 2. The molecule has 0 radical (unpaired) electrons. The van der Waals surface area contributed by atoms with Gasteiger partial charge in [-0.2, -0.15) is 0 Å². The number of esters is 2. The average Bonchev–Trinajstić information content (AvgIpc) is 2.46. The summed E-state index contributed by atoms with van der Waals surface area (Å²) in [6, 6.07) is 5.77. The number of ether oxygens (including phenoxy) is 2. The molecule has 0 heterocycles. The van der Waals surface area contributed by atoms with E-state index in [1.807, 2.05) is 0 Å². The van der Waals surface area contributed by atoms with E-state index >= 15 is 0 Å². The zero-order valence-electron chi connectivity index (χ0n) is 13.3. The van der Waals surface area contributed by atoms with Gasteiger partial charge in [-0.1, -0.05) is 0 Å². The monoisotopic (exact) mass is 310 g/mol. The second-order valence-electron chi connectivity index (χ2n) is 6.19. The van der Waals surface area contributed by atoms with Crippen LogP contribution in [-0.4, -0.2) is 46.6 Å². The van der Waals surface area contributed by atoms with Gasteiger partial charge in [0.15, 0.2) is 0 Å². The third-order valence-electron chi connectivity index (χ3n) is 2.86. The first-order valence-corrected chi connectivity index (χ1v) is 6.89. The highest BCUT2D eigenvalue weighted by atomic mass is 16.6. The number of rotatable bonds is 6. The number of benzene rings is 1. The molecular formula is C16H22O6. The molecule has 0 aromatic heterocycles. The lowest BCUT2D eigenvalue weighted by Gasteiger charge is -2.23. The minimum Gasteiger partial charge on any atom is -0.454 e. The van der Waals surface area contributed by atoms with E-state index in [1.165, 1.54) is 24.3 Å². The van der Waals surface area contributed by atoms with Gasteiger partial charge in [-0.15, -0.1) is 0 Å². The molecule has 1 rings (SSSR count). The minimum atomic E-state index is -0.972. The van der Waals surface area contributed by atoms with Crippen LogP contribution >= 0.6 is 0 Å². The summed E-state index contributed by atoms with van der Waals surface area (Å²) in [4.78, 5) is 23.8. The fraction of sp³-hybridized carbons (Fsp3) is 0.500. The summed E-state index contributed by atoms with van der Waals surface area (Å²) < 4.78 is 10.3. The fourth-order valence-corrected chi connectivity index (χ4v) is 1.43. The summed E-state index contributed by atoms with van der Waals surface area (Å²) in [5.41, 5.74) is -1.42. The third kappa shape index (κ3) is 5.13. The fourth-order valence-electron chi connectivity index (χ4n) is 1.43. The first-order valence-electron chi connectivity index (χ1n) is 6.89. The highest BCUT2D eigenvalue weighted by Crippen LogP contribution is 2.16. The molecule has 6 heteroatoms. The largest absolute Gasteiger partial charge is 0.454 e. The number of hydrogen-bond donors (Lipinski definition) is 2. The Morgan fingerprint density at radius 2 is 1.09 bits per heavy atom. The molecule has 0 spiro atoms. The van der Waals surface area contributed by atoms with Gasteiger partial charge in [0.25, 0.3) is 0 Å². The number of aliphatic hydroxyl groups is 2. The summed E-state index contributed by atoms with van der Waals surface area (Å²) in [6.45, 7) is 5.78. The molecule has 0 atom stereocenters. The van der Waals surface area contributed by atoms with Gasteiger partial charge >= 0.3 is 11.9 Å². The molecule has 0 fully saturated rings. The van der Waals surface area contributed by atoms with Crippen LogP contribution < -0.4 is 0 Å². The van der Waals surface area contributed by atoms with Crippen LogP contribution in [0.5, 0.6) is 0 Å². The third-order valence-corrected chi connectivity index (χ3v) is 2.86. The average molecular weight is 310 g/mol. The highest BCUT2D eigenvalue weighted by molar-refractivity contribution is 5.93. The van der Waals surface area contributed by atoms with Crippen LogP contribution in [0.25, 0.3) is 0 Å². The maximum absolute atomic E-state index is 11.9. The highest BCUT2D eigenvalue weighted by Gasteiger charge is 2.24. The van der Waals surface area contributed by atoms with Crippen LogP contribution in [0.2, 0.25) is 0 Å². The van der Waals surface area contributed by atoms with Crippen molar-refractivity contribution in [3.63, 3.8) is 0 Å². The molecule has 0 aliphatic rings. The van der Waals surface area contributed by atoms with Gasteiger partial charge in [0.05, 0.1) is 24.3 Å². The van der Waals surface area contributed by atoms with Crippen molar-refractivity contribution in [3.8, 4) is 0 Å². The van der Waals surface area contributed by atoms with Crippen molar-refractivity contribution in [2.45, 2.75) is 38.9 Å².